The van der Waals surface area contributed by atoms with E-state index in [0.717, 1.165) is 48.3 Å². The lowest BCUT2D eigenvalue weighted by molar-refractivity contribution is 0.0705. The molecular formula is C43H50N6O7. The summed E-state index contributed by atoms with van der Waals surface area (Å²) in [6, 6.07) is 27.2. The molecule has 0 radical (unpaired) electrons. The van der Waals surface area contributed by atoms with Gasteiger partial charge in [0.25, 0.3) is 23.6 Å². The SMILES string of the molecule is CNC(=O)c1ccc(C(=O)N/N=C/c2cccc(OCCCCCCCCCCCCOc3cccc(/C=N/NC(=O)c4ccc(C(=O)NO)cc4)c3)c2)cc1. The van der Waals surface area contributed by atoms with E-state index in [1.54, 1.807) is 43.0 Å². The number of benzene rings is 4. The smallest absolute Gasteiger partial charge is 0.274 e. The summed E-state index contributed by atoms with van der Waals surface area (Å²) in [6.07, 6.45) is 14.6. The predicted octanol–water partition coefficient (Wildman–Crippen LogP) is 7.05. The lowest BCUT2D eigenvalue weighted by Gasteiger charge is -2.07. The van der Waals surface area contributed by atoms with Gasteiger partial charge in [-0.05, 0) is 96.8 Å². The molecule has 0 atom stereocenters. The van der Waals surface area contributed by atoms with Crippen LogP contribution >= 0.6 is 0 Å². The molecule has 0 unspecified atom stereocenters. The largest absolute Gasteiger partial charge is 0.494 e. The predicted molar refractivity (Wildman–Crippen MR) is 216 cm³/mol. The van der Waals surface area contributed by atoms with Crippen LogP contribution in [-0.2, 0) is 0 Å². The van der Waals surface area contributed by atoms with Crippen molar-refractivity contribution in [2.24, 2.45) is 10.2 Å². The molecule has 0 spiro atoms. The van der Waals surface area contributed by atoms with Gasteiger partial charge in [-0.25, -0.2) is 16.3 Å². The fraction of sp³-hybridized carbons (Fsp3) is 0.302. The molecule has 0 aliphatic heterocycles. The van der Waals surface area contributed by atoms with Gasteiger partial charge in [0, 0.05) is 29.3 Å². The van der Waals surface area contributed by atoms with Crippen molar-refractivity contribution >= 4 is 36.1 Å². The number of hydrazone groups is 2. The second-order valence-electron chi connectivity index (χ2n) is 13.0. The van der Waals surface area contributed by atoms with Crippen molar-refractivity contribution in [3.63, 3.8) is 0 Å². The number of rotatable bonds is 23. The van der Waals surface area contributed by atoms with Crippen molar-refractivity contribution in [3.05, 3.63) is 130 Å². The molecule has 0 aromatic heterocycles. The molecule has 4 aromatic carbocycles. The van der Waals surface area contributed by atoms with E-state index in [4.69, 9.17) is 14.7 Å². The number of unbranched alkanes of at least 4 members (excludes halogenated alkanes) is 9. The van der Waals surface area contributed by atoms with Gasteiger partial charge in [0.1, 0.15) is 11.5 Å². The van der Waals surface area contributed by atoms with E-state index in [-0.39, 0.29) is 17.4 Å². The molecular weight excluding hydrogens is 713 g/mol. The van der Waals surface area contributed by atoms with Crippen LogP contribution in [0, 0.1) is 0 Å². The van der Waals surface area contributed by atoms with E-state index in [0.29, 0.717) is 29.9 Å². The fourth-order valence-corrected chi connectivity index (χ4v) is 5.58. The summed E-state index contributed by atoms with van der Waals surface area (Å²) in [5.41, 5.74) is 9.55. The quantitative estimate of drug-likeness (QED) is 0.0232. The van der Waals surface area contributed by atoms with E-state index in [1.165, 1.54) is 69.0 Å². The number of hydrogen-bond donors (Lipinski definition) is 5. The summed E-state index contributed by atoms with van der Waals surface area (Å²) in [5, 5.41) is 19.3. The third-order valence-electron chi connectivity index (χ3n) is 8.70. The minimum absolute atomic E-state index is 0.213. The first-order chi connectivity index (χ1) is 27.4. The summed E-state index contributed by atoms with van der Waals surface area (Å²) < 4.78 is 11.9. The van der Waals surface area contributed by atoms with E-state index in [2.05, 4.69) is 26.4 Å². The highest BCUT2D eigenvalue weighted by Crippen LogP contribution is 2.16. The van der Waals surface area contributed by atoms with Gasteiger partial charge in [-0.15, -0.1) is 0 Å². The van der Waals surface area contributed by atoms with Crippen LogP contribution in [0.5, 0.6) is 11.5 Å². The van der Waals surface area contributed by atoms with Crippen molar-refractivity contribution in [1.29, 1.82) is 0 Å². The Labute approximate surface area is 327 Å². The Balaban J connectivity index is 0.978. The van der Waals surface area contributed by atoms with Crippen molar-refractivity contribution in [3.8, 4) is 11.5 Å². The van der Waals surface area contributed by atoms with Gasteiger partial charge >= 0.3 is 0 Å². The lowest BCUT2D eigenvalue weighted by atomic mass is 10.1. The zero-order valence-electron chi connectivity index (χ0n) is 31.7. The van der Waals surface area contributed by atoms with Gasteiger partial charge in [-0.1, -0.05) is 75.6 Å². The van der Waals surface area contributed by atoms with Gasteiger partial charge in [0.15, 0.2) is 0 Å². The zero-order valence-corrected chi connectivity index (χ0v) is 31.7. The molecule has 0 saturated heterocycles. The molecule has 0 aliphatic rings. The van der Waals surface area contributed by atoms with Gasteiger partial charge in [-0.3, -0.25) is 24.4 Å². The maximum Gasteiger partial charge on any atom is 0.274 e. The van der Waals surface area contributed by atoms with Crippen molar-refractivity contribution in [2.75, 3.05) is 20.3 Å². The Morgan fingerprint density at radius 1 is 0.518 bits per heavy atom. The number of carbonyl (C=O) groups is 4. The summed E-state index contributed by atoms with van der Waals surface area (Å²) >= 11 is 0. The number of nitrogens with zero attached hydrogens (tertiary/aromatic N) is 2. The van der Waals surface area contributed by atoms with Gasteiger partial charge in [0.2, 0.25) is 0 Å². The molecule has 0 saturated carbocycles. The third kappa shape index (κ3) is 15.2. The molecule has 13 nitrogen and oxygen atoms in total. The Morgan fingerprint density at radius 2 is 0.875 bits per heavy atom. The number of hydroxylamine groups is 1. The molecule has 0 bridgehead atoms. The van der Waals surface area contributed by atoms with Crippen LogP contribution in [0.3, 0.4) is 0 Å². The zero-order chi connectivity index (χ0) is 39.8. The molecule has 0 fully saturated rings. The van der Waals surface area contributed by atoms with Crippen LogP contribution in [0.25, 0.3) is 0 Å². The van der Waals surface area contributed by atoms with E-state index < -0.39 is 11.8 Å². The number of carbonyl (C=O) groups excluding carboxylic acids is 4. The van der Waals surface area contributed by atoms with Crippen LogP contribution in [0.15, 0.2) is 107 Å². The normalized spacial score (nSPS) is 11.0. The van der Waals surface area contributed by atoms with Crippen molar-refractivity contribution < 1.29 is 33.9 Å². The first kappa shape index (κ1) is 42.4. The first-order valence-corrected chi connectivity index (χ1v) is 18.9. The fourth-order valence-electron chi connectivity index (χ4n) is 5.58. The summed E-state index contributed by atoms with van der Waals surface area (Å²) in [7, 11) is 1.55. The van der Waals surface area contributed by atoms with E-state index in [1.807, 2.05) is 48.5 Å². The van der Waals surface area contributed by atoms with Gasteiger partial charge in [-0.2, -0.15) is 10.2 Å². The molecule has 4 rings (SSSR count). The second kappa shape index (κ2) is 24.1. The van der Waals surface area contributed by atoms with E-state index in [9.17, 15) is 19.2 Å². The molecule has 4 aromatic rings. The Hall–Kier alpha value is -6.34. The van der Waals surface area contributed by atoms with E-state index >= 15 is 0 Å². The monoisotopic (exact) mass is 762 g/mol. The highest BCUT2D eigenvalue weighted by molar-refractivity contribution is 5.99. The number of amides is 4. The average Bonchev–Trinajstić information content (AvgIpc) is 3.23. The minimum Gasteiger partial charge on any atom is -0.494 e. The van der Waals surface area contributed by atoms with Crippen molar-refractivity contribution in [1.82, 2.24) is 21.6 Å². The van der Waals surface area contributed by atoms with Gasteiger partial charge in [0.05, 0.1) is 25.6 Å². The van der Waals surface area contributed by atoms with Crippen LogP contribution in [0.1, 0.15) is 117 Å². The lowest BCUT2D eigenvalue weighted by Crippen LogP contribution is -2.20. The standard InChI is InChI=1S/C43H50N6O7/c1-44-40(50)34-18-20-35(21-19-34)41(51)47-45-30-32-14-12-16-38(28-32)55-26-10-8-6-4-2-3-5-7-9-11-27-56-39-17-13-15-33(29-39)31-46-48-42(52)36-22-24-37(25-23-36)43(53)49-54/h12-25,28-31,54H,2-11,26-27H2,1H3,(H,44,50)(H,47,51)(H,48,52)(H,49,53)/b45-30+,46-31+. The average molecular weight is 763 g/mol. The van der Waals surface area contributed by atoms with Gasteiger partial charge < -0.3 is 14.8 Å². The molecule has 0 heterocycles. The Kier molecular flexibility index (Phi) is 18.3. The maximum absolute atomic E-state index is 12.4. The number of hydrogen-bond acceptors (Lipinski definition) is 9. The second-order valence-corrected chi connectivity index (χ2v) is 13.0. The molecule has 294 valence electrons. The van der Waals surface area contributed by atoms with Crippen LogP contribution in [0.2, 0.25) is 0 Å². The van der Waals surface area contributed by atoms with Crippen LogP contribution in [-0.4, -0.2) is 61.5 Å². The molecule has 13 heteroatoms. The summed E-state index contributed by atoms with van der Waals surface area (Å²) in [6.45, 7) is 1.28. The number of ether oxygens (including phenoxy) is 2. The van der Waals surface area contributed by atoms with Crippen molar-refractivity contribution in [2.45, 2.75) is 64.2 Å². The maximum atomic E-state index is 12.4. The highest BCUT2D eigenvalue weighted by atomic mass is 16.5. The molecule has 5 N–H and O–H groups in total. The summed E-state index contributed by atoms with van der Waals surface area (Å²) in [5.74, 6) is -0.152. The Bertz CT molecular complexity index is 1770. The minimum atomic E-state index is -0.655. The highest BCUT2D eigenvalue weighted by Gasteiger charge is 2.09. The Morgan fingerprint density at radius 3 is 1.25 bits per heavy atom. The molecule has 0 aliphatic carbocycles. The van der Waals surface area contributed by atoms with Crippen LogP contribution in [0.4, 0.5) is 0 Å². The topological polar surface area (TPSA) is 180 Å². The third-order valence-corrected chi connectivity index (χ3v) is 8.70. The number of nitrogens with one attached hydrogen (secondary N) is 4. The summed E-state index contributed by atoms with van der Waals surface area (Å²) in [4.78, 5) is 47.8. The van der Waals surface area contributed by atoms with Crippen LogP contribution < -0.4 is 31.1 Å². The first-order valence-electron chi connectivity index (χ1n) is 18.9. The molecule has 4 amide bonds. The molecule has 56 heavy (non-hydrogen) atoms.